The highest BCUT2D eigenvalue weighted by molar-refractivity contribution is 5.40. The minimum absolute atomic E-state index is 0.308. The van der Waals surface area contributed by atoms with E-state index in [1.807, 2.05) is 12.1 Å². The SMILES string of the molecule is CCCCCC(O)c1ccc2c(c1)CCO2. The molecule has 1 N–H and O–H groups in total. The molecule has 0 aliphatic carbocycles. The summed E-state index contributed by atoms with van der Waals surface area (Å²) in [7, 11) is 0. The summed E-state index contributed by atoms with van der Waals surface area (Å²) in [4.78, 5) is 0. The number of fused-ring (bicyclic) bond motifs is 1. The topological polar surface area (TPSA) is 29.5 Å². The van der Waals surface area contributed by atoms with Gasteiger partial charge in [0, 0.05) is 6.42 Å². The number of hydrogen-bond donors (Lipinski definition) is 1. The highest BCUT2D eigenvalue weighted by Crippen LogP contribution is 2.29. The fourth-order valence-corrected chi connectivity index (χ4v) is 2.17. The minimum atomic E-state index is -0.308. The molecule has 1 aromatic carbocycles. The van der Waals surface area contributed by atoms with Gasteiger partial charge in [-0.3, -0.25) is 0 Å². The number of hydrogen-bond acceptors (Lipinski definition) is 2. The Kier molecular flexibility index (Phi) is 3.83. The molecule has 0 amide bonds. The average molecular weight is 220 g/mol. The molecule has 1 unspecified atom stereocenters. The van der Waals surface area contributed by atoms with Gasteiger partial charge in [-0.2, -0.15) is 0 Å². The monoisotopic (exact) mass is 220 g/mol. The summed E-state index contributed by atoms with van der Waals surface area (Å²) in [5.41, 5.74) is 2.28. The molecule has 0 saturated heterocycles. The van der Waals surface area contributed by atoms with Crippen molar-refractivity contribution in [3.8, 4) is 5.75 Å². The largest absolute Gasteiger partial charge is 0.493 e. The molecular weight excluding hydrogens is 200 g/mol. The molecule has 0 spiro atoms. The Morgan fingerprint density at radius 3 is 3.06 bits per heavy atom. The van der Waals surface area contributed by atoms with Crippen LogP contribution < -0.4 is 4.74 Å². The predicted molar refractivity (Wildman–Crippen MR) is 64.7 cm³/mol. The minimum Gasteiger partial charge on any atom is -0.493 e. The van der Waals surface area contributed by atoms with Crippen LogP contribution in [0.4, 0.5) is 0 Å². The Labute approximate surface area is 97.3 Å². The van der Waals surface area contributed by atoms with Crippen molar-refractivity contribution >= 4 is 0 Å². The number of rotatable bonds is 5. The van der Waals surface area contributed by atoms with Gasteiger partial charge in [-0.25, -0.2) is 0 Å². The van der Waals surface area contributed by atoms with Crippen molar-refractivity contribution < 1.29 is 9.84 Å². The maximum atomic E-state index is 10.0. The number of aliphatic hydroxyl groups excluding tert-OH is 1. The van der Waals surface area contributed by atoms with Crippen molar-refractivity contribution in [2.24, 2.45) is 0 Å². The van der Waals surface area contributed by atoms with E-state index in [1.54, 1.807) is 0 Å². The van der Waals surface area contributed by atoms with E-state index in [2.05, 4.69) is 13.0 Å². The first kappa shape index (κ1) is 11.5. The van der Waals surface area contributed by atoms with Crippen LogP contribution in [-0.2, 0) is 6.42 Å². The molecule has 2 rings (SSSR count). The van der Waals surface area contributed by atoms with Crippen LogP contribution in [0.5, 0.6) is 5.75 Å². The third kappa shape index (κ3) is 2.56. The van der Waals surface area contributed by atoms with E-state index in [0.29, 0.717) is 0 Å². The van der Waals surface area contributed by atoms with E-state index in [0.717, 1.165) is 37.2 Å². The molecule has 0 aromatic heterocycles. The third-order valence-electron chi connectivity index (χ3n) is 3.18. The normalized spacial score (nSPS) is 15.6. The molecule has 2 heteroatoms. The molecule has 1 aromatic rings. The molecule has 0 radical (unpaired) electrons. The van der Waals surface area contributed by atoms with Crippen molar-refractivity contribution in [1.82, 2.24) is 0 Å². The number of ether oxygens (including phenoxy) is 1. The first-order chi connectivity index (χ1) is 7.81. The Hall–Kier alpha value is -1.02. The first-order valence-electron chi connectivity index (χ1n) is 6.25. The third-order valence-corrected chi connectivity index (χ3v) is 3.18. The standard InChI is InChI=1S/C14H20O2/c1-2-3-4-5-13(15)11-6-7-14-12(10-11)8-9-16-14/h6-7,10,13,15H,2-5,8-9H2,1H3. The zero-order chi connectivity index (χ0) is 11.4. The van der Waals surface area contributed by atoms with Crippen molar-refractivity contribution in [2.45, 2.75) is 45.1 Å². The van der Waals surface area contributed by atoms with Crippen LogP contribution in [0.15, 0.2) is 18.2 Å². The van der Waals surface area contributed by atoms with Crippen LogP contribution in [-0.4, -0.2) is 11.7 Å². The van der Waals surface area contributed by atoms with Crippen LogP contribution >= 0.6 is 0 Å². The van der Waals surface area contributed by atoms with Gasteiger partial charge in [0.2, 0.25) is 0 Å². The van der Waals surface area contributed by atoms with E-state index >= 15 is 0 Å². The number of benzene rings is 1. The van der Waals surface area contributed by atoms with E-state index in [9.17, 15) is 5.11 Å². The second kappa shape index (κ2) is 5.35. The molecule has 0 bridgehead atoms. The molecule has 88 valence electrons. The molecule has 0 fully saturated rings. The zero-order valence-electron chi connectivity index (χ0n) is 9.91. The van der Waals surface area contributed by atoms with Gasteiger partial charge >= 0.3 is 0 Å². The van der Waals surface area contributed by atoms with Crippen LogP contribution in [0.2, 0.25) is 0 Å². The van der Waals surface area contributed by atoms with Crippen molar-refractivity contribution in [3.63, 3.8) is 0 Å². The highest BCUT2D eigenvalue weighted by atomic mass is 16.5. The lowest BCUT2D eigenvalue weighted by molar-refractivity contribution is 0.163. The van der Waals surface area contributed by atoms with Crippen LogP contribution in [0.25, 0.3) is 0 Å². The van der Waals surface area contributed by atoms with Crippen molar-refractivity contribution in [3.05, 3.63) is 29.3 Å². The maximum Gasteiger partial charge on any atom is 0.122 e. The quantitative estimate of drug-likeness (QED) is 0.772. The Balaban J connectivity index is 1.98. The van der Waals surface area contributed by atoms with E-state index in [1.165, 1.54) is 18.4 Å². The summed E-state index contributed by atoms with van der Waals surface area (Å²) in [6.45, 7) is 2.96. The Morgan fingerprint density at radius 1 is 1.38 bits per heavy atom. The van der Waals surface area contributed by atoms with Gasteiger partial charge in [-0.1, -0.05) is 32.3 Å². The van der Waals surface area contributed by atoms with Gasteiger partial charge in [0.1, 0.15) is 5.75 Å². The van der Waals surface area contributed by atoms with E-state index in [4.69, 9.17) is 4.74 Å². The maximum absolute atomic E-state index is 10.0. The molecule has 2 nitrogen and oxygen atoms in total. The van der Waals surface area contributed by atoms with Gasteiger partial charge in [-0.15, -0.1) is 0 Å². The lowest BCUT2D eigenvalue weighted by atomic mass is 10.0. The highest BCUT2D eigenvalue weighted by Gasteiger charge is 2.14. The molecule has 1 aliphatic heterocycles. The number of unbranched alkanes of at least 4 members (excludes halogenated alkanes) is 2. The molecule has 16 heavy (non-hydrogen) atoms. The molecule has 0 saturated carbocycles. The number of aliphatic hydroxyl groups is 1. The molecular formula is C14H20O2. The second-order valence-electron chi connectivity index (χ2n) is 4.48. The predicted octanol–water partition coefficient (Wildman–Crippen LogP) is 3.24. The van der Waals surface area contributed by atoms with Gasteiger partial charge < -0.3 is 9.84 Å². The zero-order valence-corrected chi connectivity index (χ0v) is 9.91. The summed E-state index contributed by atoms with van der Waals surface area (Å²) in [5, 5.41) is 10.0. The second-order valence-corrected chi connectivity index (χ2v) is 4.48. The summed E-state index contributed by atoms with van der Waals surface area (Å²) in [6.07, 6.45) is 5.04. The van der Waals surface area contributed by atoms with E-state index in [-0.39, 0.29) is 6.10 Å². The average Bonchev–Trinajstić information content (AvgIpc) is 2.76. The smallest absolute Gasteiger partial charge is 0.122 e. The van der Waals surface area contributed by atoms with Gasteiger partial charge in [-0.05, 0) is 29.7 Å². The Bertz CT molecular complexity index is 347. The van der Waals surface area contributed by atoms with Crippen LogP contribution in [0, 0.1) is 0 Å². The van der Waals surface area contributed by atoms with Gasteiger partial charge in [0.05, 0.1) is 12.7 Å². The van der Waals surface area contributed by atoms with Gasteiger partial charge in [0.25, 0.3) is 0 Å². The van der Waals surface area contributed by atoms with E-state index < -0.39 is 0 Å². The Morgan fingerprint density at radius 2 is 2.25 bits per heavy atom. The van der Waals surface area contributed by atoms with Crippen LogP contribution in [0.3, 0.4) is 0 Å². The summed E-state index contributed by atoms with van der Waals surface area (Å²) in [6, 6.07) is 6.07. The summed E-state index contributed by atoms with van der Waals surface area (Å²) < 4.78 is 5.45. The fourth-order valence-electron chi connectivity index (χ4n) is 2.17. The lowest BCUT2D eigenvalue weighted by Gasteiger charge is -2.11. The fraction of sp³-hybridized carbons (Fsp3) is 0.571. The van der Waals surface area contributed by atoms with Gasteiger partial charge in [0.15, 0.2) is 0 Å². The first-order valence-corrected chi connectivity index (χ1v) is 6.25. The molecule has 1 heterocycles. The van der Waals surface area contributed by atoms with Crippen molar-refractivity contribution in [1.29, 1.82) is 0 Å². The lowest BCUT2D eigenvalue weighted by Crippen LogP contribution is -1.98. The molecule has 1 aliphatic rings. The summed E-state index contributed by atoms with van der Waals surface area (Å²) in [5.74, 6) is 0.990. The molecule has 1 atom stereocenters. The van der Waals surface area contributed by atoms with Crippen molar-refractivity contribution in [2.75, 3.05) is 6.61 Å². The van der Waals surface area contributed by atoms with Crippen LogP contribution in [0.1, 0.15) is 49.8 Å². The summed E-state index contributed by atoms with van der Waals surface area (Å²) >= 11 is 0.